The molecule has 144 valence electrons. The van der Waals surface area contributed by atoms with Gasteiger partial charge in [-0.3, -0.25) is 9.69 Å². The minimum Gasteiger partial charge on any atom is -0.396 e. The van der Waals surface area contributed by atoms with Crippen LogP contribution in [0, 0.1) is 5.41 Å². The van der Waals surface area contributed by atoms with Gasteiger partial charge in [-0.1, -0.05) is 19.1 Å². The molecule has 0 radical (unpaired) electrons. The number of rotatable bonds is 5. The summed E-state index contributed by atoms with van der Waals surface area (Å²) in [5.41, 5.74) is 1.91. The normalized spacial score (nSPS) is 25.4. The van der Waals surface area contributed by atoms with Gasteiger partial charge in [0.05, 0.1) is 6.61 Å². The highest BCUT2D eigenvalue weighted by atomic mass is 16.3. The molecule has 1 aromatic carbocycles. The summed E-state index contributed by atoms with van der Waals surface area (Å²) < 4.78 is 0. The number of nitrogens with zero attached hydrogens (tertiary/aromatic N) is 3. The van der Waals surface area contributed by atoms with Crippen molar-refractivity contribution >= 4 is 5.91 Å². The van der Waals surface area contributed by atoms with E-state index in [1.807, 2.05) is 17.0 Å². The van der Waals surface area contributed by atoms with Crippen molar-refractivity contribution in [3.05, 3.63) is 35.4 Å². The molecule has 2 aliphatic heterocycles. The van der Waals surface area contributed by atoms with E-state index < -0.39 is 0 Å². The summed E-state index contributed by atoms with van der Waals surface area (Å²) in [7, 11) is 2.17. The summed E-state index contributed by atoms with van der Waals surface area (Å²) in [4.78, 5) is 19.6. The molecule has 0 spiro atoms. The van der Waals surface area contributed by atoms with Crippen LogP contribution in [0.2, 0.25) is 0 Å². The van der Waals surface area contributed by atoms with Gasteiger partial charge < -0.3 is 14.9 Å². The molecule has 2 saturated heterocycles. The Balaban J connectivity index is 1.60. The maximum atomic E-state index is 12.9. The number of carbonyl (C=O) groups excluding carboxylic acids is 1. The molecule has 1 atom stereocenters. The molecule has 1 amide bonds. The van der Waals surface area contributed by atoms with Gasteiger partial charge in [0.15, 0.2) is 0 Å². The summed E-state index contributed by atoms with van der Waals surface area (Å²) in [5.74, 6) is 0.0992. The number of benzene rings is 1. The van der Waals surface area contributed by atoms with Gasteiger partial charge in [0.2, 0.25) is 0 Å². The molecular formula is C21H33N3O2. The SMILES string of the molecule is CC[C@@]1(CO)CCCN(C(=O)c2ccc(CN3CCN(C)CC3)cc2)C1. The van der Waals surface area contributed by atoms with Crippen molar-refractivity contribution < 1.29 is 9.90 Å². The maximum absolute atomic E-state index is 12.9. The van der Waals surface area contributed by atoms with E-state index in [4.69, 9.17) is 0 Å². The first kappa shape index (κ1) is 19.3. The Labute approximate surface area is 157 Å². The zero-order chi connectivity index (χ0) is 18.6. The van der Waals surface area contributed by atoms with Gasteiger partial charge in [-0.05, 0) is 44.0 Å². The van der Waals surface area contributed by atoms with Crippen LogP contribution in [0.1, 0.15) is 42.1 Å². The number of likely N-dealkylation sites (N-methyl/N-ethyl adjacent to an activating group) is 1. The summed E-state index contributed by atoms with van der Waals surface area (Å²) in [6.45, 7) is 9.14. The second-order valence-corrected chi connectivity index (χ2v) is 8.12. The Morgan fingerprint density at radius 3 is 2.42 bits per heavy atom. The predicted octanol–water partition coefficient (Wildman–Crippen LogP) is 2.06. The van der Waals surface area contributed by atoms with Gasteiger partial charge in [0, 0.05) is 56.8 Å². The van der Waals surface area contributed by atoms with Crippen LogP contribution < -0.4 is 0 Å². The molecule has 1 aromatic rings. The van der Waals surface area contributed by atoms with E-state index in [-0.39, 0.29) is 17.9 Å². The molecule has 0 saturated carbocycles. The Hall–Kier alpha value is -1.43. The number of hydrogen-bond donors (Lipinski definition) is 1. The monoisotopic (exact) mass is 359 g/mol. The standard InChI is InChI=1S/C21H33N3O2/c1-3-21(17-25)9-4-10-24(16-21)20(26)19-7-5-18(6-8-19)15-23-13-11-22(2)12-14-23/h5-8,25H,3-4,9-17H2,1-2H3/t21-/m1/s1. The Bertz CT molecular complexity index is 590. The van der Waals surface area contributed by atoms with E-state index >= 15 is 0 Å². The summed E-state index contributed by atoms with van der Waals surface area (Å²) in [6, 6.07) is 8.12. The van der Waals surface area contributed by atoms with Crippen molar-refractivity contribution in [2.24, 2.45) is 5.41 Å². The van der Waals surface area contributed by atoms with Crippen molar-refractivity contribution in [1.82, 2.24) is 14.7 Å². The van der Waals surface area contributed by atoms with Crippen LogP contribution in [0.5, 0.6) is 0 Å². The number of hydrogen-bond acceptors (Lipinski definition) is 4. The molecule has 0 unspecified atom stereocenters. The number of aliphatic hydroxyl groups is 1. The second kappa shape index (κ2) is 8.51. The molecule has 1 N–H and O–H groups in total. The minimum atomic E-state index is -0.116. The third kappa shape index (κ3) is 4.45. The fraction of sp³-hybridized carbons (Fsp3) is 0.667. The Kier molecular flexibility index (Phi) is 6.33. The molecule has 5 nitrogen and oxygen atoms in total. The quantitative estimate of drug-likeness (QED) is 0.874. The van der Waals surface area contributed by atoms with E-state index in [9.17, 15) is 9.90 Å². The van der Waals surface area contributed by atoms with Crippen molar-refractivity contribution in [1.29, 1.82) is 0 Å². The van der Waals surface area contributed by atoms with Crippen LogP contribution >= 0.6 is 0 Å². The predicted molar refractivity (Wildman–Crippen MR) is 104 cm³/mol. The number of likely N-dealkylation sites (tertiary alicyclic amines) is 1. The van der Waals surface area contributed by atoms with Gasteiger partial charge in [0.25, 0.3) is 5.91 Å². The molecule has 0 aromatic heterocycles. The fourth-order valence-electron chi connectivity index (χ4n) is 4.11. The molecule has 5 heteroatoms. The lowest BCUT2D eigenvalue weighted by Crippen LogP contribution is -2.47. The molecule has 26 heavy (non-hydrogen) atoms. The van der Waals surface area contributed by atoms with Crippen molar-refractivity contribution in [2.45, 2.75) is 32.7 Å². The van der Waals surface area contributed by atoms with E-state index in [0.29, 0.717) is 6.54 Å². The molecular weight excluding hydrogens is 326 g/mol. The van der Waals surface area contributed by atoms with Crippen LogP contribution in [-0.4, -0.2) is 78.6 Å². The van der Waals surface area contributed by atoms with Crippen LogP contribution in [0.25, 0.3) is 0 Å². The molecule has 3 rings (SSSR count). The first-order valence-corrected chi connectivity index (χ1v) is 9.95. The van der Waals surface area contributed by atoms with Crippen LogP contribution in [0.4, 0.5) is 0 Å². The third-order valence-electron chi connectivity index (χ3n) is 6.24. The third-order valence-corrected chi connectivity index (χ3v) is 6.24. The molecule has 2 heterocycles. The van der Waals surface area contributed by atoms with E-state index in [1.165, 1.54) is 5.56 Å². The molecule has 0 aliphatic carbocycles. The van der Waals surface area contributed by atoms with Crippen molar-refractivity contribution in [3.63, 3.8) is 0 Å². The average molecular weight is 360 g/mol. The highest BCUT2D eigenvalue weighted by Crippen LogP contribution is 2.33. The summed E-state index contributed by atoms with van der Waals surface area (Å²) >= 11 is 0. The average Bonchev–Trinajstić information content (AvgIpc) is 2.70. The zero-order valence-corrected chi connectivity index (χ0v) is 16.3. The molecule has 2 aliphatic rings. The maximum Gasteiger partial charge on any atom is 0.253 e. The Morgan fingerprint density at radius 2 is 1.81 bits per heavy atom. The van der Waals surface area contributed by atoms with Gasteiger partial charge >= 0.3 is 0 Å². The fourth-order valence-corrected chi connectivity index (χ4v) is 4.11. The highest BCUT2D eigenvalue weighted by molar-refractivity contribution is 5.94. The lowest BCUT2D eigenvalue weighted by Gasteiger charge is -2.41. The van der Waals surface area contributed by atoms with Gasteiger partial charge in [-0.15, -0.1) is 0 Å². The molecule has 0 bridgehead atoms. The number of aliphatic hydroxyl groups excluding tert-OH is 1. The first-order chi connectivity index (χ1) is 12.5. The van der Waals surface area contributed by atoms with Crippen LogP contribution in [-0.2, 0) is 6.54 Å². The highest BCUT2D eigenvalue weighted by Gasteiger charge is 2.35. The summed E-state index contributed by atoms with van der Waals surface area (Å²) in [5, 5.41) is 9.77. The molecule has 2 fully saturated rings. The van der Waals surface area contributed by atoms with Gasteiger partial charge in [0.1, 0.15) is 0 Å². The van der Waals surface area contributed by atoms with Crippen LogP contribution in [0.15, 0.2) is 24.3 Å². The smallest absolute Gasteiger partial charge is 0.253 e. The second-order valence-electron chi connectivity index (χ2n) is 8.12. The van der Waals surface area contributed by atoms with E-state index in [2.05, 4.69) is 35.9 Å². The van der Waals surface area contributed by atoms with Crippen LogP contribution in [0.3, 0.4) is 0 Å². The Morgan fingerprint density at radius 1 is 1.12 bits per heavy atom. The lowest BCUT2D eigenvalue weighted by atomic mass is 9.78. The minimum absolute atomic E-state index is 0.0992. The van der Waals surface area contributed by atoms with E-state index in [1.54, 1.807) is 0 Å². The summed E-state index contributed by atoms with van der Waals surface area (Å²) in [6.07, 6.45) is 2.90. The number of amides is 1. The topological polar surface area (TPSA) is 47.0 Å². The van der Waals surface area contributed by atoms with Crippen molar-refractivity contribution in [2.75, 3.05) is 52.9 Å². The largest absolute Gasteiger partial charge is 0.396 e. The van der Waals surface area contributed by atoms with E-state index in [0.717, 1.165) is 64.1 Å². The number of carbonyl (C=O) groups is 1. The van der Waals surface area contributed by atoms with Crippen molar-refractivity contribution in [3.8, 4) is 0 Å². The number of piperidine rings is 1. The number of piperazine rings is 1. The van der Waals surface area contributed by atoms with Gasteiger partial charge in [-0.2, -0.15) is 0 Å². The first-order valence-electron chi connectivity index (χ1n) is 9.95. The zero-order valence-electron chi connectivity index (χ0n) is 16.3. The lowest BCUT2D eigenvalue weighted by molar-refractivity contribution is 0.0251. The van der Waals surface area contributed by atoms with Gasteiger partial charge in [-0.25, -0.2) is 0 Å².